The van der Waals surface area contributed by atoms with E-state index < -0.39 is 0 Å². The summed E-state index contributed by atoms with van der Waals surface area (Å²) in [5.41, 5.74) is 7.08. The third-order valence-electron chi connectivity index (χ3n) is 4.30. The van der Waals surface area contributed by atoms with Gasteiger partial charge in [0.05, 0.1) is 10.7 Å². The molecule has 0 radical (unpaired) electrons. The van der Waals surface area contributed by atoms with Crippen molar-refractivity contribution in [1.29, 1.82) is 0 Å². The molecule has 5 heteroatoms. The van der Waals surface area contributed by atoms with Crippen LogP contribution in [0.15, 0.2) is 6.07 Å². The minimum atomic E-state index is -0.00131. The lowest BCUT2D eigenvalue weighted by Crippen LogP contribution is -2.36. The Hall–Kier alpha value is -1.23. The van der Waals surface area contributed by atoms with Crippen LogP contribution in [0.2, 0.25) is 0 Å². The van der Waals surface area contributed by atoms with E-state index in [-0.39, 0.29) is 5.91 Å². The molecule has 3 rings (SSSR count). The Morgan fingerprint density at radius 1 is 1.40 bits per heavy atom. The fraction of sp³-hybridized carbons (Fsp3) is 0.667. The Labute approximate surface area is 124 Å². The predicted molar refractivity (Wildman–Crippen MR) is 84.4 cm³/mol. The van der Waals surface area contributed by atoms with Crippen LogP contribution in [0, 0.1) is 5.41 Å². The molecule has 1 aromatic rings. The third kappa shape index (κ3) is 2.92. The molecule has 3 N–H and O–H groups in total. The maximum absolute atomic E-state index is 12.1. The molecular formula is C15H23N3OS. The van der Waals surface area contributed by atoms with E-state index in [2.05, 4.69) is 24.1 Å². The Morgan fingerprint density at radius 2 is 2.05 bits per heavy atom. The molecule has 20 heavy (non-hydrogen) atoms. The van der Waals surface area contributed by atoms with E-state index in [1.807, 2.05) is 6.07 Å². The van der Waals surface area contributed by atoms with Crippen LogP contribution >= 0.6 is 11.3 Å². The number of nitrogens with two attached hydrogens (primary N) is 1. The predicted octanol–water partition coefficient (Wildman–Crippen LogP) is 2.85. The fourth-order valence-electron chi connectivity index (χ4n) is 2.54. The van der Waals surface area contributed by atoms with Crippen molar-refractivity contribution < 1.29 is 4.79 Å². The molecule has 2 fully saturated rings. The third-order valence-corrected chi connectivity index (χ3v) is 5.51. The van der Waals surface area contributed by atoms with Crippen LogP contribution in [-0.4, -0.2) is 25.0 Å². The summed E-state index contributed by atoms with van der Waals surface area (Å²) in [6.07, 6.45) is 4.58. The first kappa shape index (κ1) is 13.7. The number of rotatable bonds is 3. The lowest BCUT2D eigenvalue weighted by molar-refractivity contribution is 0.0956. The van der Waals surface area contributed by atoms with Gasteiger partial charge in [-0.3, -0.25) is 4.79 Å². The monoisotopic (exact) mass is 293 g/mol. The number of piperidine rings is 1. The average molecular weight is 293 g/mol. The summed E-state index contributed by atoms with van der Waals surface area (Å²) in [7, 11) is 0. The summed E-state index contributed by atoms with van der Waals surface area (Å²) >= 11 is 1.53. The number of nitrogens with zero attached hydrogens (tertiary/aromatic N) is 1. The minimum absolute atomic E-state index is 0.00131. The zero-order valence-corrected chi connectivity index (χ0v) is 13.1. The van der Waals surface area contributed by atoms with Gasteiger partial charge in [0.15, 0.2) is 0 Å². The Morgan fingerprint density at radius 3 is 2.65 bits per heavy atom. The molecule has 4 nitrogen and oxygen atoms in total. The topological polar surface area (TPSA) is 58.4 Å². The molecule has 2 aliphatic rings. The standard InChI is InChI=1S/C15H23N3OS/c1-15(2)5-7-18(8-6-15)12-9-11(16)13(20-12)14(19)17-10-3-4-10/h9-10H,3-8,16H2,1-2H3,(H,17,19). The van der Waals surface area contributed by atoms with Gasteiger partial charge in [-0.2, -0.15) is 0 Å². The van der Waals surface area contributed by atoms with Crippen molar-refractivity contribution in [2.75, 3.05) is 23.7 Å². The van der Waals surface area contributed by atoms with Gasteiger partial charge >= 0.3 is 0 Å². The van der Waals surface area contributed by atoms with Gasteiger partial charge in [-0.05, 0) is 37.2 Å². The quantitative estimate of drug-likeness (QED) is 0.901. The van der Waals surface area contributed by atoms with Gasteiger partial charge < -0.3 is 16.0 Å². The van der Waals surface area contributed by atoms with E-state index >= 15 is 0 Å². The first-order valence-electron chi connectivity index (χ1n) is 7.40. The average Bonchev–Trinajstić information content (AvgIpc) is 3.10. The summed E-state index contributed by atoms with van der Waals surface area (Å²) in [4.78, 5) is 15.2. The molecule has 0 aromatic carbocycles. The summed E-state index contributed by atoms with van der Waals surface area (Å²) < 4.78 is 0. The highest BCUT2D eigenvalue weighted by Crippen LogP contribution is 2.37. The van der Waals surface area contributed by atoms with Crippen molar-refractivity contribution in [1.82, 2.24) is 5.32 Å². The molecule has 1 amide bonds. The Kier molecular flexibility index (Phi) is 3.40. The zero-order valence-electron chi connectivity index (χ0n) is 12.2. The van der Waals surface area contributed by atoms with Crippen LogP contribution in [0.25, 0.3) is 0 Å². The molecule has 2 heterocycles. The molecule has 110 valence electrons. The van der Waals surface area contributed by atoms with Crippen LogP contribution < -0.4 is 16.0 Å². The van der Waals surface area contributed by atoms with Gasteiger partial charge in [0.2, 0.25) is 0 Å². The molecule has 0 spiro atoms. The summed E-state index contributed by atoms with van der Waals surface area (Å²) in [5, 5.41) is 4.15. The van der Waals surface area contributed by atoms with E-state index in [9.17, 15) is 4.79 Å². The van der Waals surface area contributed by atoms with Gasteiger partial charge in [0, 0.05) is 19.1 Å². The van der Waals surface area contributed by atoms with Crippen molar-refractivity contribution in [2.45, 2.75) is 45.6 Å². The number of nitrogens with one attached hydrogen (secondary N) is 1. The molecule has 0 unspecified atom stereocenters. The van der Waals surface area contributed by atoms with Gasteiger partial charge in [-0.1, -0.05) is 13.8 Å². The molecular weight excluding hydrogens is 270 g/mol. The number of hydrogen-bond acceptors (Lipinski definition) is 4. The lowest BCUT2D eigenvalue weighted by atomic mass is 9.83. The highest BCUT2D eigenvalue weighted by molar-refractivity contribution is 7.18. The number of carbonyl (C=O) groups excluding carboxylic acids is 1. The van der Waals surface area contributed by atoms with Crippen molar-refractivity contribution >= 4 is 27.9 Å². The molecule has 1 aliphatic heterocycles. The zero-order chi connectivity index (χ0) is 14.3. The van der Waals surface area contributed by atoms with E-state index in [4.69, 9.17) is 5.73 Å². The van der Waals surface area contributed by atoms with E-state index in [1.54, 1.807) is 0 Å². The van der Waals surface area contributed by atoms with Gasteiger partial charge in [0.1, 0.15) is 4.88 Å². The SMILES string of the molecule is CC1(C)CCN(c2cc(N)c(C(=O)NC3CC3)s2)CC1. The van der Waals surface area contributed by atoms with Crippen LogP contribution in [-0.2, 0) is 0 Å². The first-order chi connectivity index (χ1) is 9.44. The lowest BCUT2D eigenvalue weighted by Gasteiger charge is -2.37. The van der Waals surface area contributed by atoms with Crippen LogP contribution in [0.5, 0.6) is 0 Å². The second-order valence-corrected chi connectivity index (χ2v) is 7.80. The maximum Gasteiger partial charge on any atom is 0.263 e. The van der Waals surface area contributed by atoms with Crippen LogP contribution in [0.4, 0.5) is 10.7 Å². The molecule has 0 bridgehead atoms. The van der Waals surface area contributed by atoms with Gasteiger partial charge in [-0.15, -0.1) is 11.3 Å². The van der Waals surface area contributed by atoms with Crippen LogP contribution in [0.3, 0.4) is 0 Å². The van der Waals surface area contributed by atoms with E-state index in [0.717, 1.165) is 30.9 Å². The van der Waals surface area contributed by atoms with Gasteiger partial charge in [-0.25, -0.2) is 0 Å². The number of carbonyl (C=O) groups is 1. The second kappa shape index (κ2) is 4.95. The number of amides is 1. The Bertz CT molecular complexity index is 509. The second-order valence-electron chi connectivity index (χ2n) is 6.77. The number of anilines is 2. The van der Waals surface area contributed by atoms with E-state index in [1.165, 1.54) is 24.2 Å². The fourth-order valence-corrected chi connectivity index (χ4v) is 3.57. The molecule has 1 saturated heterocycles. The van der Waals surface area contributed by atoms with Crippen molar-refractivity contribution in [3.63, 3.8) is 0 Å². The normalized spacial score (nSPS) is 21.8. The Balaban J connectivity index is 1.70. The van der Waals surface area contributed by atoms with Crippen molar-refractivity contribution in [3.8, 4) is 0 Å². The molecule has 0 atom stereocenters. The number of nitrogen functional groups attached to an aromatic ring is 1. The highest BCUT2D eigenvalue weighted by atomic mass is 32.1. The number of hydrogen-bond donors (Lipinski definition) is 2. The smallest absolute Gasteiger partial charge is 0.263 e. The summed E-state index contributed by atoms with van der Waals surface area (Å²) in [6, 6.07) is 2.34. The largest absolute Gasteiger partial charge is 0.397 e. The molecule has 1 aromatic heterocycles. The van der Waals surface area contributed by atoms with Crippen molar-refractivity contribution in [3.05, 3.63) is 10.9 Å². The maximum atomic E-state index is 12.1. The highest BCUT2D eigenvalue weighted by Gasteiger charge is 2.29. The number of thiophene rings is 1. The van der Waals surface area contributed by atoms with Crippen LogP contribution in [0.1, 0.15) is 49.2 Å². The van der Waals surface area contributed by atoms with E-state index in [0.29, 0.717) is 22.0 Å². The van der Waals surface area contributed by atoms with Gasteiger partial charge in [0.25, 0.3) is 5.91 Å². The molecule has 1 saturated carbocycles. The summed E-state index contributed by atoms with van der Waals surface area (Å²) in [6.45, 7) is 6.75. The minimum Gasteiger partial charge on any atom is -0.397 e. The van der Waals surface area contributed by atoms with Crippen molar-refractivity contribution in [2.24, 2.45) is 5.41 Å². The first-order valence-corrected chi connectivity index (χ1v) is 8.21. The summed E-state index contributed by atoms with van der Waals surface area (Å²) in [5.74, 6) is -0.00131. The molecule has 1 aliphatic carbocycles.